The van der Waals surface area contributed by atoms with Crippen LogP contribution in [0.2, 0.25) is 10.0 Å². The standard InChI is InChI=1S/C14H13Cl2N5/c1-3-11-12(17)14-19-7(2)18-13(21(14)20-11)9-5-4-8(15)6-10(9)16/h4-6H,3,17H2,1-2H3. The number of aryl methyl sites for hydroxylation is 2. The van der Waals surface area contributed by atoms with Crippen LogP contribution in [0.15, 0.2) is 18.2 Å². The zero-order chi connectivity index (χ0) is 15.1. The normalized spacial score (nSPS) is 11.2. The molecule has 0 aliphatic heterocycles. The molecule has 0 fully saturated rings. The molecule has 21 heavy (non-hydrogen) atoms. The van der Waals surface area contributed by atoms with Gasteiger partial charge in [-0.05, 0) is 31.5 Å². The van der Waals surface area contributed by atoms with E-state index in [0.29, 0.717) is 33.0 Å². The highest BCUT2D eigenvalue weighted by atomic mass is 35.5. The molecule has 1 aromatic carbocycles. The summed E-state index contributed by atoms with van der Waals surface area (Å²) in [5.74, 6) is 1.21. The second kappa shape index (κ2) is 5.16. The van der Waals surface area contributed by atoms with E-state index in [4.69, 9.17) is 28.9 Å². The van der Waals surface area contributed by atoms with Crippen molar-refractivity contribution in [2.45, 2.75) is 20.3 Å². The molecule has 0 saturated carbocycles. The molecule has 0 atom stereocenters. The van der Waals surface area contributed by atoms with Gasteiger partial charge in [-0.15, -0.1) is 0 Å². The van der Waals surface area contributed by atoms with Crippen LogP contribution in [0, 0.1) is 6.92 Å². The van der Waals surface area contributed by atoms with Crippen LogP contribution in [0.1, 0.15) is 18.4 Å². The monoisotopic (exact) mass is 321 g/mol. The van der Waals surface area contributed by atoms with Crippen LogP contribution >= 0.6 is 23.2 Å². The fourth-order valence-electron chi connectivity index (χ4n) is 2.21. The highest BCUT2D eigenvalue weighted by Crippen LogP contribution is 2.30. The smallest absolute Gasteiger partial charge is 0.182 e. The first-order valence-corrected chi connectivity index (χ1v) is 7.24. The third kappa shape index (κ3) is 2.32. The number of hydrogen-bond acceptors (Lipinski definition) is 4. The molecule has 0 amide bonds. The molecule has 108 valence electrons. The van der Waals surface area contributed by atoms with E-state index in [1.165, 1.54) is 0 Å². The first-order chi connectivity index (χ1) is 10.0. The van der Waals surface area contributed by atoms with Crippen molar-refractivity contribution < 1.29 is 0 Å². The third-order valence-electron chi connectivity index (χ3n) is 3.22. The van der Waals surface area contributed by atoms with Crippen LogP contribution in [0.25, 0.3) is 17.0 Å². The van der Waals surface area contributed by atoms with Crippen molar-refractivity contribution in [3.05, 3.63) is 39.8 Å². The summed E-state index contributed by atoms with van der Waals surface area (Å²) in [6, 6.07) is 5.25. The first-order valence-electron chi connectivity index (χ1n) is 6.48. The fraction of sp³-hybridized carbons (Fsp3) is 0.214. The second-order valence-corrected chi connectivity index (χ2v) is 5.51. The summed E-state index contributed by atoms with van der Waals surface area (Å²) in [7, 11) is 0. The largest absolute Gasteiger partial charge is 0.394 e. The number of halogens is 2. The molecule has 0 aliphatic carbocycles. The molecule has 2 N–H and O–H groups in total. The molecule has 0 saturated heterocycles. The van der Waals surface area contributed by atoms with Crippen LogP contribution in [0.3, 0.4) is 0 Å². The zero-order valence-corrected chi connectivity index (χ0v) is 13.1. The van der Waals surface area contributed by atoms with E-state index in [1.54, 1.807) is 16.6 Å². The van der Waals surface area contributed by atoms with Crippen molar-refractivity contribution >= 4 is 34.5 Å². The Morgan fingerprint density at radius 2 is 2.00 bits per heavy atom. The molecule has 3 rings (SSSR count). The minimum atomic E-state index is 0.508. The molecule has 0 spiro atoms. The minimum absolute atomic E-state index is 0.508. The topological polar surface area (TPSA) is 69.1 Å². The van der Waals surface area contributed by atoms with Crippen LogP contribution < -0.4 is 5.73 Å². The average Bonchev–Trinajstić information content (AvgIpc) is 2.75. The third-order valence-corrected chi connectivity index (χ3v) is 3.76. The van der Waals surface area contributed by atoms with E-state index in [2.05, 4.69) is 15.1 Å². The van der Waals surface area contributed by atoms with E-state index < -0.39 is 0 Å². The van der Waals surface area contributed by atoms with Crippen molar-refractivity contribution in [2.24, 2.45) is 0 Å². The molecule has 5 nitrogen and oxygen atoms in total. The summed E-state index contributed by atoms with van der Waals surface area (Å²) >= 11 is 12.2. The maximum absolute atomic E-state index is 6.28. The highest BCUT2D eigenvalue weighted by molar-refractivity contribution is 6.36. The van der Waals surface area contributed by atoms with Gasteiger partial charge in [0.05, 0.1) is 10.7 Å². The molecule has 0 unspecified atom stereocenters. The SMILES string of the molecule is CCc1nn2c(-c3ccc(Cl)cc3Cl)nc(C)nc2c1N. The van der Waals surface area contributed by atoms with E-state index in [9.17, 15) is 0 Å². The minimum Gasteiger partial charge on any atom is -0.394 e. The average molecular weight is 322 g/mol. The van der Waals surface area contributed by atoms with Crippen molar-refractivity contribution in [3.8, 4) is 11.4 Å². The van der Waals surface area contributed by atoms with E-state index in [-0.39, 0.29) is 0 Å². The van der Waals surface area contributed by atoms with Gasteiger partial charge in [-0.2, -0.15) is 9.61 Å². The maximum Gasteiger partial charge on any atom is 0.182 e. The lowest BCUT2D eigenvalue weighted by Crippen LogP contribution is -2.03. The van der Waals surface area contributed by atoms with Crippen LogP contribution in [-0.2, 0) is 6.42 Å². The lowest BCUT2D eigenvalue weighted by Gasteiger charge is -2.07. The molecule has 7 heteroatoms. The number of hydrogen-bond donors (Lipinski definition) is 1. The van der Waals surface area contributed by atoms with Crippen LogP contribution in [-0.4, -0.2) is 19.6 Å². The van der Waals surface area contributed by atoms with Gasteiger partial charge < -0.3 is 5.73 Å². The molecular formula is C14H13Cl2N5. The summed E-state index contributed by atoms with van der Waals surface area (Å²) in [6.45, 7) is 3.80. The number of nitrogens with zero attached hydrogens (tertiary/aromatic N) is 4. The molecule has 2 heterocycles. The molecule has 0 bridgehead atoms. The van der Waals surface area contributed by atoms with E-state index in [0.717, 1.165) is 17.7 Å². The quantitative estimate of drug-likeness (QED) is 0.783. The Bertz CT molecular complexity index is 841. The van der Waals surface area contributed by atoms with Crippen molar-refractivity contribution in [1.82, 2.24) is 19.6 Å². The summed E-state index contributed by atoms with van der Waals surface area (Å²) in [5, 5.41) is 5.56. The number of aromatic nitrogens is 4. The maximum atomic E-state index is 6.28. The van der Waals surface area contributed by atoms with Gasteiger partial charge >= 0.3 is 0 Å². The zero-order valence-electron chi connectivity index (χ0n) is 11.6. The number of rotatable bonds is 2. The Kier molecular flexibility index (Phi) is 3.47. The predicted molar refractivity (Wildman–Crippen MR) is 84.8 cm³/mol. The predicted octanol–water partition coefficient (Wildman–Crippen LogP) is 3.55. The number of nitrogen functional groups attached to an aromatic ring is 1. The summed E-state index contributed by atoms with van der Waals surface area (Å²) in [6.07, 6.45) is 0.724. The molecule has 0 radical (unpaired) electrons. The Hall–Kier alpha value is -1.85. The van der Waals surface area contributed by atoms with Gasteiger partial charge in [-0.3, -0.25) is 0 Å². The first kappa shape index (κ1) is 14.1. The van der Waals surface area contributed by atoms with Crippen LogP contribution in [0.5, 0.6) is 0 Å². The molecule has 2 aromatic heterocycles. The number of anilines is 1. The van der Waals surface area contributed by atoms with Gasteiger partial charge in [0, 0.05) is 10.6 Å². The lowest BCUT2D eigenvalue weighted by molar-refractivity contribution is 0.852. The second-order valence-electron chi connectivity index (χ2n) is 4.67. The molecule has 0 aliphatic rings. The number of nitrogens with two attached hydrogens (primary N) is 1. The fourth-order valence-corrected chi connectivity index (χ4v) is 2.70. The van der Waals surface area contributed by atoms with Crippen molar-refractivity contribution in [1.29, 1.82) is 0 Å². The van der Waals surface area contributed by atoms with E-state index >= 15 is 0 Å². The van der Waals surface area contributed by atoms with E-state index in [1.807, 2.05) is 19.9 Å². The highest BCUT2D eigenvalue weighted by Gasteiger charge is 2.17. The van der Waals surface area contributed by atoms with Gasteiger partial charge in [-0.1, -0.05) is 30.1 Å². The summed E-state index contributed by atoms with van der Waals surface area (Å²) < 4.78 is 1.64. The molecule has 3 aromatic rings. The summed E-state index contributed by atoms with van der Waals surface area (Å²) in [5.41, 5.74) is 8.81. The lowest BCUT2D eigenvalue weighted by atomic mass is 10.2. The Morgan fingerprint density at radius 1 is 1.24 bits per heavy atom. The Balaban J connectivity index is 2.36. The Labute approximate surface area is 131 Å². The number of benzene rings is 1. The van der Waals surface area contributed by atoms with Gasteiger partial charge in [0.25, 0.3) is 0 Å². The van der Waals surface area contributed by atoms with Crippen molar-refractivity contribution in [3.63, 3.8) is 0 Å². The molecular weight excluding hydrogens is 309 g/mol. The van der Waals surface area contributed by atoms with Crippen molar-refractivity contribution in [2.75, 3.05) is 5.73 Å². The van der Waals surface area contributed by atoms with Gasteiger partial charge in [0.2, 0.25) is 0 Å². The van der Waals surface area contributed by atoms with Crippen LogP contribution in [0.4, 0.5) is 5.69 Å². The Morgan fingerprint density at radius 3 is 2.67 bits per heavy atom. The van der Waals surface area contributed by atoms with Gasteiger partial charge in [-0.25, -0.2) is 9.97 Å². The van der Waals surface area contributed by atoms with Gasteiger partial charge in [0.1, 0.15) is 11.5 Å². The van der Waals surface area contributed by atoms with Gasteiger partial charge in [0.15, 0.2) is 11.5 Å². The number of fused-ring (bicyclic) bond motifs is 1. The summed E-state index contributed by atoms with van der Waals surface area (Å²) in [4.78, 5) is 8.83.